The number of ether oxygens (including phenoxy) is 2. The molecule has 0 saturated heterocycles. The molecule has 0 unspecified atom stereocenters. The van der Waals surface area contributed by atoms with Crippen LogP contribution in [0.4, 0.5) is 0 Å². The first-order chi connectivity index (χ1) is 9.91. The highest BCUT2D eigenvalue weighted by Gasteiger charge is 2.23. The summed E-state index contributed by atoms with van der Waals surface area (Å²) in [6.07, 6.45) is 1.98. The van der Waals surface area contributed by atoms with Gasteiger partial charge in [-0.3, -0.25) is 4.79 Å². The van der Waals surface area contributed by atoms with E-state index < -0.39 is 16.0 Å². The molecule has 0 spiro atoms. The van der Waals surface area contributed by atoms with E-state index in [0.717, 1.165) is 17.1 Å². The van der Waals surface area contributed by atoms with Gasteiger partial charge in [-0.25, -0.2) is 8.42 Å². The standard InChI is InChI=1S/C14H21NO5S/c1-4-5-10-20-12-6-8-13(9-7-12)21(17,18)15(2)11-14(16)19-3/h6-9H,4-5,10-11H2,1-3H3. The maximum Gasteiger partial charge on any atom is 0.321 e. The number of nitrogens with zero attached hydrogens (tertiary/aromatic N) is 1. The number of esters is 1. The normalized spacial score (nSPS) is 11.4. The number of carbonyl (C=O) groups is 1. The van der Waals surface area contributed by atoms with Gasteiger partial charge < -0.3 is 9.47 Å². The minimum absolute atomic E-state index is 0.108. The maximum atomic E-state index is 12.2. The molecule has 6 nitrogen and oxygen atoms in total. The number of hydrogen-bond acceptors (Lipinski definition) is 5. The van der Waals surface area contributed by atoms with Crippen molar-refractivity contribution in [1.82, 2.24) is 4.31 Å². The van der Waals surface area contributed by atoms with Gasteiger partial charge in [0.2, 0.25) is 10.0 Å². The van der Waals surface area contributed by atoms with Crippen LogP contribution < -0.4 is 4.74 Å². The molecule has 0 aliphatic heterocycles. The third-order valence-corrected chi connectivity index (χ3v) is 4.70. The molecule has 0 aliphatic carbocycles. The highest BCUT2D eigenvalue weighted by molar-refractivity contribution is 7.89. The van der Waals surface area contributed by atoms with Crippen LogP contribution in [0.15, 0.2) is 29.2 Å². The first-order valence-electron chi connectivity index (χ1n) is 6.67. The van der Waals surface area contributed by atoms with Crippen molar-refractivity contribution < 1.29 is 22.7 Å². The van der Waals surface area contributed by atoms with Crippen molar-refractivity contribution in [3.63, 3.8) is 0 Å². The zero-order valence-corrected chi connectivity index (χ0v) is 13.4. The molecule has 0 aromatic heterocycles. The third-order valence-electron chi connectivity index (χ3n) is 2.88. The van der Waals surface area contributed by atoms with Gasteiger partial charge >= 0.3 is 5.97 Å². The Balaban J connectivity index is 2.77. The summed E-state index contributed by atoms with van der Waals surface area (Å²) in [6.45, 7) is 2.34. The van der Waals surface area contributed by atoms with Gasteiger partial charge in [0.1, 0.15) is 12.3 Å². The van der Waals surface area contributed by atoms with Crippen LogP contribution in [0.3, 0.4) is 0 Å². The molecule has 0 bridgehead atoms. The Hall–Kier alpha value is -1.60. The topological polar surface area (TPSA) is 72.9 Å². The van der Waals surface area contributed by atoms with Gasteiger partial charge in [-0.15, -0.1) is 0 Å². The van der Waals surface area contributed by atoms with Crippen molar-refractivity contribution in [1.29, 1.82) is 0 Å². The first kappa shape index (κ1) is 17.5. The fourth-order valence-corrected chi connectivity index (χ4v) is 2.67. The molecule has 0 radical (unpaired) electrons. The largest absolute Gasteiger partial charge is 0.494 e. The highest BCUT2D eigenvalue weighted by atomic mass is 32.2. The average molecular weight is 315 g/mol. The summed E-state index contributed by atoms with van der Waals surface area (Å²) in [7, 11) is -1.16. The molecule has 21 heavy (non-hydrogen) atoms. The molecule has 0 saturated carbocycles. The molecule has 0 amide bonds. The van der Waals surface area contributed by atoms with Gasteiger partial charge in [0.05, 0.1) is 18.6 Å². The number of rotatable bonds is 8. The Bertz CT molecular complexity index is 553. The van der Waals surface area contributed by atoms with E-state index in [0.29, 0.717) is 12.4 Å². The molecular formula is C14H21NO5S. The second kappa shape index (κ2) is 7.99. The number of carbonyl (C=O) groups excluding carboxylic acids is 1. The lowest BCUT2D eigenvalue weighted by Gasteiger charge is -2.16. The van der Waals surface area contributed by atoms with Gasteiger partial charge in [0, 0.05) is 7.05 Å². The number of methoxy groups -OCH3 is 1. The third kappa shape index (κ3) is 5.02. The van der Waals surface area contributed by atoms with Gasteiger partial charge in [-0.05, 0) is 30.7 Å². The molecule has 118 valence electrons. The SMILES string of the molecule is CCCCOc1ccc(S(=O)(=O)N(C)CC(=O)OC)cc1. The van der Waals surface area contributed by atoms with Crippen molar-refractivity contribution in [2.24, 2.45) is 0 Å². The second-order valence-corrected chi connectivity index (χ2v) is 6.56. The van der Waals surface area contributed by atoms with Crippen LogP contribution in [0.2, 0.25) is 0 Å². The molecule has 0 aliphatic rings. The molecule has 1 aromatic rings. The molecule has 1 rings (SSSR count). The predicted octanol–water partition coefficient (Wildman–Crippen LogP) is 1.66. The Labute approximate surface area is 125 Å². The lowest BCUT2D eigenvalue weighted by Crippen LogP contribution is -2.32. The monoisotopic (exact) mass is 315 g/mol. The fraction of sp³-hybridized carbons (Fsp3) is 0.500. The number of hydrogen-bond donors (Lipinski definition) is 0. The van der Waals surface area contributed by atoms with Crippen LogP contribution in [0.5, 0.6) is 5.75 Å². The van der Waals surface area contributed by atoms with E-state index in [1.165, 1.54) is 26.3 Å². The molecule has 7 heteroatoms. The zero-order chi connectivity index (χ0) is 15.9. The van der Waals surface area contributed by atoms with Gasteiger partial charge in [-0.1, -0.05) is 13.3 Å². The Morgan fingerprint density at radius 1 is 1.24 bits per heavy atom. The summed E-state index contributed by atoms with van der Waals surface area (Å²) in [4.78, 5) is 11.3. The lowest BCUT2D eigenvalue weighted by molar-refractivity contribution is -0.140. The van der Waals surface area contributed by atoms with Crippen LogP contribution >= 0.6 is 0 Å². The van der Waals surface area contributed by atoms with Crippen LogP contribution in [-0.4, -0.2) is 46.0 Å². The number of likely N-dealkylation sites (N-methyl/N-ethyl adjacent to an activating group) is 1. The smallest absolute Gasteiger partial charge is 0.321 e. The zero-order valence-electron chi connectivity index (χ0n) is 12.5. The van der Waals surface area contributed by atoms with Gasteiger partial charge in [-0.2, -0.15) is 4.31 Å². The first-order valence-corrected chi connectivity index (χ1v) is 8.11. The summed E-state index contributed by atoms with van der Waals surface area (Å²) < 4.78 is 35.4. The predicted molar refractivity (Wildman–Crippen MR) is 78.7 cm³/mol. The van der Waals surface area contributed by atoms with Crippen LogP contribution in [0, 0.1) is 0 Å². The molecule has 0 heterocycles. The number of unbranched alkanes of at least 4 members (excludes halogenated alkanes) is 1. The minimum Gasteiger partial charge on any atom is -0.494 e. The minimum atomic E-state index is -3.71. The summed E-state index contributed by atoms with van der Waals surface area (Å²) in [5, 5.41) is 0. The number of benzene rings is 1. The average Bonchev–Trinajstić information content (AvgIpc) is 2.47. The van der Waals surface area contributed by atoms with Crippen LogP contribution in [0.1, 0.15) is 19.8 Å². The van der Waals surface area contributed by atoms with E-state index in [1.54, 1.807) is 12.1 Å². The van der Waals surface area contributed by atoms with E-state index in [9.17, 15) is 13.2 Å². The maximum absolute atomic E-state index is 12.2. The van der Waals surface area contributed by atoms with Crippen molar-refractivity contribution in [3.8, 4) is 5.75 Å². The van der Waals surface area contributed by atoms with E-state index in [4.69, 9.17) is 4.74 Å². The lowest BCUT2D eigenvalue weighted by atomic mass is 10.3. The molecule has 0 N–H and O–H groups in total. The number of sulfonamides is 1. The van der Waals surface area contributed by atoms with Gasteiger partial charge in [0.25, 0.3) is 0 Å². The highest BCUT2D eigenvalue weighted by Crippen LogP contribution is 2.19. The quantitative estimate of drug-likeness (QED) is 0.539. The summed E-state index contributed by atoms with van der Waals surface area (Å²) in [5.41, 5.74) is 0. The van der Waals surface area contributed by atoms with Crippen molar-refractivity contribution in [2.75, 3.05) is 27.3 Å². The van der Waals surface area contributed by atoms with Crippen molar-refractivity contribution in [2.45, 2.75) is 24.7 Å². The van der Waals surface area contributed by atoms with Crippen molar-refractivity contribution >= 4 is 16.0 Å². The van der Waals surface area contributed by atoms with E-state index in [-0.39, 0.29) is 11.4 Å². The Kier molecular flexibility index (Phi) is 6.64. The molecule has 0 atom stereocenters. The second-order valence-electron chi connectivity index (χ2n) is 4.51. The van der Waals surface area contributed by atoms with Crippen LogP contribution in [-0.2, 0) is 19.6 Å². The van der Waals surface area contributed by atoms with E-state index in [1.807, 2.05) is 0 Å². The van der Waals surface area contributed by atoms with Crippen molar-refractivity contribution in [3.05, 3.63) is 24.3 Å². The summed E-state index contributed by atoms with van der Waals surface area (Å²) >= 11 is 0. The molecule has 0 fully saturated rings. The summed E-state index contributed by atoms with van der Waals surface area (Å²) in [5.74, 6) is 0.0126. The molecular weight excluding hydrogens is 294 g/mol. The molecule has 1 aromatic carbocycles. The van der Waals surface area contributed by atoms with E-state index >= 15 is 0 Å². The fourth-order valence-electron chi connectivity index (χ4n) is 1.55. The van der Waals surface area contributed by atoms with Crippen LogP contribution in [0.25, 0.3) is 0 Å². The Morgan fingerprint density at radius 2 is 1.86 bits per heavy atom. The van der Waals surface area contributed by atoms with Gasteiger partial charge in [0.15, 0.2) is 0 Å². The Morgan fingerprint density at radius 3 is 2.38 bits per heavy atom. The van der Waals surface area contributed by atoms with E-state index in [2.05, 4.69) is 11.7 Å². The summed E-state index contributed by atoms with van der Waals surface area (Å²) in [6, 6.07) is 6.14.